The van der Waals surface area contributed by atoms with Crippen LogP contribution < -0.4 is 10.0 Å². The number of halogens is 2. The molecular formula is C16H16Cl2N2O3S. The van der Waals surface area contributed by atoms with Crippen LogP contribution in [0.15, 0.2) is 47.4 Å². The van der Waals surface area contributed by atoms with Gasteiger partial charge in [-0.3, -0.25) is 4.79 Å². The first-order valence-electron chi connectivity index (χ1n) is 7.08. The highest BCUT2D eigenvalue weighted by Crippen LogP contribution is 2.26. The fraction of sp³-hybridized carbons (Fsp3) is 0.188. The third kappa shape index (κ3) is 4.48. The van der Waals surface area contributed by atoms with E-state index < -0.39 is 15.9 Å². The predicted octanol–water partition coefficient (Wildman–Crippen LogP) is 3.93. The van der Waals surface area contributed by atoms with Crippen molar-refractivity contribution in [1.29, 1.82) is 0 Å². The Bertz CT molecular complexity index is 850. The van der Waals surface area contributed by atoms with Crippen LogP contribution in [0.2, 0.25) is 10.0 Å². The Morgan fingerprint density at radius 3 is 2.25 bits per heavy atom. The molecule has 0 atom stereocenters. The minimum Gasteiger partial charge on any atom is -0.322 e. The minimum absolute atomic E-state index is 0.120. The summed E-state index contributed by atoms with van der Waals surface area (Å²) in [5, 5.41) is 3.10. The maximum absolute atomic E-state index is 12.2. The van der Waals surface area contributed by atoms with Gasteiger partial charge in [0.2, 0.25) is 10.0 Å². The zero-order chi connectivity index (χ0) is 17.9. The molecule has 0 heterocycles. The van der Waals surface area contributed by atoms with Crippen molar-refractivity contribution in [1.82, 2.24) is 4.72 Å². The zero-order valence-electron chi connectivity index (χ0n) is 13.0. The van der Waals surface area contributed by atoms with E-state index in [2.05, 4.69) is 10.0 Å². The number of hydrogen-bond acceptors (Lipinski definition) is 3. The molecule has 0 spiro atoms. The van der Waals surface area contributed by atoms with E-state index >= 15 is 0 Å². The molecule has 0 aromatic heterocycles. The van der Waals surface area contributed by atoms with Crippen molar-refractivity contribution >= 4 is 44.8 Å². The van der Waals surface area contributed by atoms with Crippen LogP contribution >= 0.6 is 23.2 Å². The SMILES string of the molecule is CC(C)NS(=O)(=O)c1ccc(NC(=O)c2cccc(Cl)c2Cl)cc1. The van der Waals surface area contributed by atoms with Crippen molar-refractivity contribution < 1.29 is 13.2 Å². The predicted molar refractivity (Wildman–Crippen MR) is 96.3 cm³/mol. The fourth-order valence-corrected chi connectivity index (χ4v) is 3.61. The molecule has 2 rings (SSSR count). The first-order chi connectivity index (χ1) is 11.2. The van der Waals surface area contributed by atoms with Crippen molar-refractivity contribution in [2.45, 2.75) is 24.8 Å². The van der Waals surface area contributed by atoms with Crippen LogP contribution in [0.1, 0.15) is 24.2 Å². The smallest absolute Gasteiger partial charge is 0.257 e. The summed E-state index contributed by atoms with van der Waals surface area (Å²) in [6, 6.07) is 10.4. The van der Waals surface area contributed by atoms with E-state index in [-0.39, 0.29) is 26.5 Å². The lowest BCUT2D eigenvalue weighted by Gasteiger charge is -2.11. The van der Waals surface area contributed by atoms with E-state index in [0.717, 1.165) is 0 Å². The lowest BCUT2D eigenvalue weighted by atomic mass is 10.2. The van der Waals surface area contributed by atoms with Crippen molar-refractivity contribution in [2.24, 2.45) is 0 Å². The molecule has 2 N–H and O–H groups in total. The Morgan fingerprint density at radius 1 is 1.04 bits per heavy atom. The van der Waals surface area contributed by atoms with Gasteiger partial charge in [0, 0.05) is 11.7 Å². The number of benzene rings is 2. The summed E-state index contributed by atoms with van der Waals surface area (Å²) in [4.78, 5) is 12.4. The minimum atomic E-state index is -3.57. The number of hydrogen-bond donors (Lipinski definition) is 2. The number of carbonyl (C=O) groups excluding carboxylic acids is 1. The number of carbonyl (C=O) groups is 1. The van der Waals surface area contributed by atoms with E-state index in [1.54, 1.807) is 32.0 Å². The van der Waals surface area contributed by atoms with Gasteiger partial charge in [0.05, 0.1) is 20.5 Å². The Labute approximate surface area is 151 Å². The maximum atomic E-state index is 12.2. The Kier molecular flexibility index (Phi) is 5.87. The fourth-order valence-electron chi connectivity index (χ4n) is 1.97. The molecule has 2 aromatic carbocycles. The van der Waals surface area contributed by atoms with Gasteiger partial charge in [-0.15, -0.1) is 0 Å². The molecule has 0 fully saturated rings. The number of amides is 1. The van der Waals surface area contributed by atoms with Gasteiger partial charge in [-0.25, -0.2) is 13.1 Å². The van der Waals surface area contributed by atoms with Gasteiger partial charge in [0.15, 0.2) is 0 Å². The lowest BCUT2D eigenvalue weighted by molar-refractivity contribution is 0.102. The first kappa shape index (κ1) is 18.7. The van der Waals surface area contributed by atoms with Gasteiger partial charge in [0.1, 0.15) is 0 Å². The molecule has 128 valence electrons. The van der Waals surface area contributed by atoms with E-state index in [4.69, 9.17) is 23.2 Å². The topological polar surface area (TPSA) is 75.3 Å². The largest absolute Gasteiger partial charge is 0.322 e. The molecule has 0 saturated heterocycles. The van der Waals surface area contributed by atoms with Crippen LogP contribution in [0.5, 0.6) is 0 Å². The number of nitrogens with one attached hydrogen (secondary N) is 2. The Hall–Kier alpha value is -1.60. The summed E-state index contributed by atoms with van der Waals surface area (Å²) in [6.07, 6.45) is 0. The van der Waals surface area contributed by atoms with Crippen LogP contribution in [0.4, 0.5) is 5.69 Å². The molecule has 0 saturated carbocycles. The second-order valence-electron chi connectivity index (χ2n) is 5.36. The Morgan fingerprint density at radius 2 is 1.67 bits per heavy atom. The summed E-state index contributed by atoms with van der Waals surface area (Å²) in [5.74, 6) is -0.432. The number of sulfonamides is 1. The molecule has 0 aliphatic carbocycles. The van der Waals surface area contributed by atoms with Gasteiger partial charge in [0.25, 0.3) is 5.91 Å². The third-order valence-corrected chi connectivity index (χ3v) is 5.50. The summed E-state index contributed by atoms with van der Waals surface area (Å²) < 4.78 is 26.6. The molecule has 24 heavy (non-hydrogen) atoms. The molecule has 1 amide bonds. The van der Waals surface area contributed by atoms with Crippen LogP contribution in [0.3, 0.4) is 0 Å². The van der Waals surface area contributed by atoms with Crippen molar-refractivity contribution in [2.75, 3.05) is 5.32 Å². The number of anilines is 1. The van der Waals surface area contributed by atoms with E-state index in [9.17, 15) is 13.2 Å². The third-order valence-electron chi connectivity index (χ3n) is 3.01. The zero-order valence-corrected chi connectivity index (χ0v) is 15.3. The normalized spacial score (nSPS) is 11.5. The van der Waals surface area contributed by atoms with Gasteiger partial charge >= 0.3 is 0 Å². The van der Waals surface area contributed by atoms with E-state index in [0.29, 0.717) is 5.69 Å². The summed E-state index contributed by atoms with van der Waals surface area (Å²) in [7, 11) is -3.57. The monoisotopic (exact) mass is 386 g/mol. The van der Waals surface area contributed by atoms with Crippen molar-refractivity contribution in [3.05, 3.63) is 58.1 Å². The molecule has 0 radical (unpaired) electrons. The summed E-state index contributed by atoms with van der Waals surface area (Å²) in [5.41, 5.74) is 0.682. The summed E-state index contributed by atoms with van der Waals surface area (Å²) in [6.45, 7) is 3.47. The molecule has 2 aromatic rings. The van der Waals surface area contributed by atoms with E-state index in [1.165, 1.54) is 24.3 Å². The molecule has 0 aliphatic rings. The Balaban J connectivity index is 2.17. The second kappa shape index (κ2) is 7.53. The quantitative estimate of drug-likeness (QED) is 0.816. The molecule has 5 nitrogen and oxygen atoms in total. The van der Waals surface area contributed by atoms with Gasteiger partial charge in [-0.2, -0.15) is 0 Å². The first-order valence-corrected chi connectivity index (χ1v) is 9.32. The maximum Gasteiger partial charge on any atom is 0.257 e. The molecular weight excluding hydrogens is 371 g/mol. The summed E-state index contributed by atoms with van der Waals surface area (Å²) >= 11 is 11.9. The molecule has 0 aliphatic heterocycles. The average molecular weight is 387 g/mol. The number of rotatable bonds is 5. The van der Waals surface area contributed by atoms with Crippen LogP contribution in [-0.2, 0) is 10.0 Å². The van der Waals surface area contributed by atoms with Crippen LogP contribution in [0.25, 0.3) is 0 Å². The molecule has 0 bridgehead atoms. The highest BCUT2D eigenvalue weighted by atomic mass is 35.5. The highest BCUT2D eigenvalue weighted by Gasteiger charge is 2.16. The van der Waals surface area contributed by atoms with Gasteiger partial charge in [-0.1, -0.05) is 29.3 Å². The molecule has 8 heteroatoms. The lowest BCUT2D eigenvalue weighted by Crippen LogP contribution is -2.30. The van der Waals surface area contributed by atoms with Crippen molar-refractivity contribution in [3.63, 3.8) is 0 Å². The van der Waals surface area contributed by atoms with Gasteiger partial charge in [-0.05, 0) is 50.2 Å². The highest BCUT2D eigenvalue weighted by molar-refractivity contribution is 7.89. The molecule has 0 unspecified atom stereocenters. The van der Waals surface area contributed by atoms with Crippen LogP contribution in [0, 0.1) is 0 Å². The standard InChI is InChI=1S/C16H16Cl2N2O3S/c1-10(2)20-24(22,23)12-8-6-11(7-9-12)19-16(21)13-4-3-5-14(17)15(13)18/h3-10,20H,1-2H3,(H,19,21). The van der Waals surface area contributed by atoms with Crippen molar-refractivity contribution in [3.8, 4) is 0 Å². The second-order valence-corrected chi connectivity index (χ2v) is 7.86. The van der Waals surface area contributed by atoms with Crippen LogP contribution in [-0.4, -0.2) is 20.4 Å². The van der Waals surface area contributed by atoms with E-state index in [1.807, 2.05) is 0 Å². The average Bonchev–Trinajstić information content (AvgIpc) is 2.49. The van der Waals surface area contributed by atoms with Gasteiger partial charge < -0.3 is 5.32 Å².